The molecule has 5 rings (SSSR count). The topological polar surface area (TPSA) is 139 Å². The third kappa shape index (κ3) is 4.65. The fourth-order valence-corrected chi connectivity index (χ4v) is 4.42. The predicted molar refractivity (Wildman–Crippen MR) is 134 cm³/mol. The Kier molecular flexibility index (Phi) is 6.54. The molecular formula is C24H23ClN8O2. The van der Waals surface area contributed by atoms with Gasteiger partial charge in [-0.05, 0) is 17.7 Å². The summed E-state index contributed by atoms with van der Waals surface area (Å²) >= 11 is 6.65. The van der Waals surface area contributed by atoms with Crippen LogP contribution in [0.4, 0.5) is 11.4 Å². The van der Waals surface area contributed by atoms with E-state index >= 15 is 0 Å². The number of nitrogens with one attached hydrogen (secondary N) is 5. The number of benzene rings is 2. The minimum absolute atomic E-state index is 0.161. The van der Waals surface area contributed by atoms with Crippen molar-refractivity contribution in [2.24, 2.45) is 4.99 Å². The number of halogens is 1. The molecule has 3 atom stereocenters. The fourth-order valence-electron chi connectivity index (χ4n) is 4.15. The summed E-state index contributed by atoms with van der Waals surface area (Å²) in [5, 5.41) is 27.8. The number of fused-ring (bicyclic) bond motifs is 1. The zero-order chi connectivity index (χ0) is 24.2. The summed E-state index contributed by atoms with van der Waals surface area (Å²) in [7, 11) is 0. The lowest BCUT2D eigenvalue weighted by Gasteiger charge is -2.25. The van der Waals surface area contributed by atoms with Crippen LogP contribution in [0.3, 0.4) is 0 Å². The van der Waals surface area contributed by atoms with Crippen molar-refractivity contribution in [1.29, 1.82) is 5.26 Å². The molecule has 10 nitrogen and oxygen atoms in total. The van der Waals surface area contributed by atoms with Gasteiger partial charge >= 0.3 is 0 Å². The maximum absolute atomic E-state index is 10.1. The lowest BCUT2D eigenvalue weighted by molar-refractivity contribution is 0.276. The minimum Gasteiger partial charge on any atom is -0.481 e. The highest BCUT2D eigenvalue weighted by atomic mass is 35.5. The van der Waals surface area contributed by atoms with Gasteiger partial charge in [0, 0.05) is 23.5 Å². The van der Waals surface area contributed by atoms with E-state index in [2.05, 4.69) is 43.1 Å². The molecule has 0 amide bonds. The van der Waals surface area contributed by atoms with E-state index in [0.717, 1.165) is 11.3 Å². The molecule has 2 aromatic carbocycles. The Bertz CT molecular complexity index is 1320. The Hall–Kier alpha value is -4.04. The molecule has 178 valence electrons. The van der Waals surface area contributed by atoms with Crippen molar-refractivity contribution in [2.45, 2.75) is 18.1 Å². The van der Waals surface area contributed by atoms with Gasteiger partial charge in [-0.3, -0.25) is 4.98 Å². The van der Waals surface area contributed by atoms with E-state index in [0.29, 0.717) is 39.5 Å². The van der Waals surface area contributed by atoms with Gasteiger partial charge in [0.1, 0.15) is 18.7 Å². The maximum atomic E-state index is 10.1. The van der Waals surface area contributed by atoms with Gasteiger partial charge < -0.3 is 31.3 Å². The molecule has 3 heterocycles. The molecule has 0 aliphatic carbocycles. The summed E-state index contributed by atoms with van der Waals surface area (Å²) in [6.07, 6.45) is 4.75. The van der Waals surface area contributed by atoms with E-state index < -0.39 is 6.04 Å². The molecule has 0 bridgehead atoms. The number of aliphatic imine (C=N–C) groups is 1. The lowest BCUT2D eigenvalue weighted by Crippen LogP contribution is -2.42. The number of anilines is 2. The van der Waals surface area contributed by atoms with Gasteiger partial charge in [0.25, 0.3) is 0 Å². The van der Waals surface area contributed by atoms with E-state index in [1.54, 1.807) is 6.07 Å². The van der Waals surface area contributed by atoms with Crippen LogP contribution in [0.15, 0.2) is 65.6 Å². The Morgan fingerprint density at radius 1 is 1.26 bits per heavy atom. The molecule has 0 fully saturated rings. The number of hydrazine groups is 2. The monoisotopic (exact) mass is 490 g/mol. The fraction of sp³-hybridized carbons (Fsp3) is 0.208. The summed E-state index contributed by atoms with van der Waals surface area (Å²) in [5.41, 5.74) is 12.7. The first-order chi connectivity index (χ1) is 17.2. The lowest BCUT2D eigenvalue weighted by atomic mass is 10.0. The van der Waals surface area contributed by atoms with Crippen molar-refractivity contribution in [1.82, 2.24) is 21.4 Å². The first-order valence-electron chi connectivity index (χ1n) is 11.0. The number of nitrogens with zero attached hydrogens (tertiary/aromatic N) is 3. The predicted octanol–water partition coefficient (Wildman–Crippen LogP) is 2.57. The van der Waals surface area contributed by atoms with Crippen LogP contribution in [0.5, 0.6) is 0 Å². The molecule has 35 heavy (non-hydrogen) atoms. The van der Waals surface area contributed by atoms with Crippen LogP contribution in [0.2, 0.25) is 5.02 Å². The number of ether oxygens (including phenoxy) is 1. The molecule has 1 aromatic heterocycles. The second kappa shape index (κ2) is 10.1. The number of aromatic nitrogens is 1. The third-order valence-electron chi connectivity index (χ3n) is 5.89. The van der Waals surface area contributed by atoms with Crippen molar-refractivity contribution >= 4 is 40.3 Å². The average molecular weight is 491 g/mol. The standard InChI is InChI=1S/C24H23ClN8O2/c25-18-7-16(30-24(19-10-29-33-32-19)21-12-35-13-28-21)6-17-22(15(8-26)9-27-23(17)18)31-20(11-34)14-4-2-1-3-5-14/h1-7,9-10,13,20-21,24,29-30,32-34H,11-12H2,(H,27,31)/t20-,21?,24-/m1/s1. The third-order valence-corrected chi connectivity index (χ3v) is 6.18. The summed E-state index contributed by atoms with van der Waals surface area (Å²) in [4.78, 5) is 8.84. The van der Waals surface area contributed by atoms with Crippen LogP contribution in [-0.4, -0.2) is 41.8 Å². The SMILES string of the molecule is N#Cc1cnc2c(Cl)cc(N[C@H](C3=CNNN3)C3COC=N3)cc2c1N[C@H](CO)c1ccccc1. The molecule has 0 saturated heterocycles. The number of hydrogen-bond acceptors (Lipinski definition) is 10. The first kappa shape index (κ1) is 22.7. The first-order valence-corrected chi connectivity index (χ1v) is 11.4. The highest BCUT2D eigenvalue weighted by molar-refractivity contribution is 6.35. The maximum Gasteiger partial charge on any atom is 0.169 e. The normalized spacial score (nSPS) is 18.1. The van der Waals surface area contributed by atoms with Crippen molar-refractivity contribution in [3.05, 3.63) is 76.7 Å². The van der Waals surface area contributed by atoms with Crippen LogP contribution in [0, 0.1) is 11.3 Å². The molecule has 6 N–H and O–H groups in total. The summed E-state index contributed by atoms with van der Waals surface area (Å²) in [5.74, 6) is 0. The van der Waals surface area contributed by atoms with E-state index in [1.165, 1.54) is 12.6 Å². The van der Waals surface area contributed by atoms with E-state index in [9.17, 15) is 10.4 Å². The zero-order valence-electron chi connectivity index (χ0n) is 18.5. The van der Waals surface area contributed by atoms with E-state index in [-0.39, 0.29) is 18.7 Å². The summed E-state index contributed by atoms with van der Waals surface area (Å²) in [6, 6.07) is 14.6. The number of pyridine rings is 1. The van der Waals surface area contributed by atoms with Crippen LogP contribution < -0.4 is 27.0 Å². The van der Waals surface area contributed by atoms with Gasteiger partial charge in [0.15, 0.2) is 6.40 Å². The number of hydrogen-bond donors (Lipinski definition) is 6. The Morgan fingerprint density at radius 3 is 2.80 bits per heavy atom. The molecule has 3 aromatic rings. The van der Waals surface area contributed by atoms with Crippen molar-refractivity contribution < 1.29 is 9.84 Å². The molecule has 2 aliphatic heterocycles. The van der Waals surface area contributed by atoms with Gasteiger partial charge in [-0.15, -0.1) is 0 Å². The second-order valence-corrected chi connectivity index (χ2v) is 8.48. The minimum atomic E-state index is -0.424. The van der Waals surface area contributed by atoms with Gasteiger partial charge in [-0.25, -0.2) is 4.99 Å². The second-order valence-electron chi connectivity index (χ2n) is 8.07. The molecular weight excluding hydrogens is 468 g/mol. The smallest absolute Gasteiger partial charge is 0.169 e. The number of nitriles is 1. The van der Waals surface area contributed by atoms with Crippen LogP contribution >= 0.6 is 11.6 Å². The largest absolute Gasteiger partial charge is 0.481 e. The van der Waals surface area contributed by atoms with Crippen LogP contribution in [-0.2, 0) is 4.74 Å². The summed E-state index contributed by atoms with van der Waals surface area (Å²) < 4.78 is 5.34. The van der Waals surface area contributed by atoms with Crippen LogP contribution in [0.1, 0.15) is 17.2 Å². The zero-order valence-corrected chi connectivity index (χ0v) is 19.3. The Balaban J connectivity index is 1.55. The van der Waals surface area contributed by atoms with Crippen molar-refractivity contribution in [2.75, 3.05) is 23.8 Å². The van der Waals surface area contributed by atoms with Gasteiger partial charge in [0.2, 0.25) is 0 Å². The van der Waals surface area contributed by atoms with Crippen molar-refractivity contribution in [3.8, 4) is 6.07 Å². The van der Waals surface area contributed by atoms with Gasteiger partial charge in [0.05, 0.1) is 46.2 Å². The quantitative estimate of drug-likeness (QED) is 0.281. The molecule has 1 unspecified atom stereocenters. The highest BCUT2D eigenvalue weighted by Gasteiger charge is 2.29. The average Bonchev–Trinajstić information content (AvgIpc) is 3.61. The van der Waals surface area contributed by atoms with E-state index in [4.69, 9.17) is 16.3 Å². The highest BCUT2D eigenvalue weighted by Crippen LogP contribution is 2.35. The van der Waals surface area contributed by atoms with Crippen molar-refractivity contribution in [3.63, 3.8) is 0 Å². The number of aliphatic hydroxyl groups excluding tert-OH is 1. The number of aliphatic hydroxyl groups is 1. The van der Waals surface area contributed by atoms with E-state index in [1.807, 2.05) is 42.6 Å². The Morgan fingerprint density at radius 2 is 2.11 bits per heavy atom. The molecule has 0 spiro atoms. The summed E-state index contributed by atoms with van der Waals surface area (Å²) in [6.45, 7) is 0.270. The molecule has 2 aliphatic rings. The van der Waals surface area contributed by atoms with Gasteiger partial charge in [-0.1, -0.05) is 41.9 Å². The Labute approximate surface area is 206 Å². The molecule has 0 radical (unpaired) electrons. The molecule has 11 heteroatoms. The van der Waals surface area contributed by atoms with Crippen LogP contribution in [0.25, 0.3) is 10.9 Å². The van der Waals surface area contributed by atoms with Gasteiger partial charge in [-0.2, -0.15) is 10.8 Å². The molecule has 0 saturated carbocycles. The number of rotatable bonds is 8.